The molecular formula is C24H26NOPS. The molecule has 0 radical (unpaired) electrons. The largest absolute Gasteiger partial charge is 0.475 e. The molecule has 1 atom stereocenters. The molecule has 3 aromatic rings. The van der Waals surface area contributed by atoms with Crippen LogP contribution in [0.15, 0.2) is 65.0 Å². The van der Waals surface area contributed by atoms with Crippen LogP contribution in [0.3, 0.4) is 0 Å². The van der Waals surface area contributed by atoms with E-state index in [2.05, 4.69) is 87.7 Å². The quantitative estimate of drug-likeness (QED) is 0.550. The fourth-order valence-corrected chi connectivity index (χ4v) is 7.41. The topological polar surface area (TPSA) is 21.6 Å². The van der Waals surface area contributed by atoms with Gasteiger partial charge in [0, 0.05) is 5.30 Å². The fourth-order valence-electron chi connectivity index (χ4n) is 3.51. The van der Waals surface area contributed by atoms with Gasteiger partial charge in [0.2, 0.25) is 5.90 Å². The number of nitrogens with zero attached hydrogens (tertiary/aromatic N) is 1. The Kier molecular flexibility index (Phi) is 5.66. The highest BCUT2D eigenvalue weighted by Crippen LogP contribution is 2.38. The minimum atomic E-state index is -0.668. The summed E-state index contributed by atoms with van der Waals surface area (Å²) in [6, 6.07) is 20.1. The predicted molar refractivity (Wildman–Crippen MR) is 124 cm³/mol. The van der Waals surface area contributed by atoms with E-state index in [1.165, 1.54) is 31.9 Å². The normalized spacial score (nSPS) is 16.5. The summed E-state index contributed by atoms with van der Waals surface area (Å²) in [7, 11) is -0.668. The van der Waals surface area contributed by atoms with Crippen molar-refractivity contribution in [3.8, 4) is 0 Å². The van der Waals surface area contributed by atoms with Gasteiger partial charge in [0.1, 0.15) is 6.61 Å². The highest BCUT2D eigenvalue weighted by atomic mass is 32.1. The number of thiophene rings is 1. The Morgan fingerprint density at radius 3 is 2.07 bits per heavy atom. The van der Waals surface area contributed by atoms with Crippen LogP contribution >= 0.6 is 19.3 Å². The van der Waals surface area contributed by atoms with Crippen LogP contribution in [0.25, 0.3) is 0 Å². The molecule has 0 saturated heterocycles. The molecule has 144 valence electrons. The molecule has 0 fully saturated rings. The van der Waals surface area contributed by atoms with Gasteiger partial charge in [-0.3, -0.25) is 0 Å². The van der Waals surface area contributed by atoms with Crippen molar-refractivity contribution in [3.63, 3.8) is 0 Å². The molecule has 0 aliphatic carbocycles. The van der Waals surface area contributed by atoms with Crippen molar-refractivity contribution in [1.29, 1.82) is 0 Å². The van der Waals surface area contributed by atoms with Crippen molar-refractivity contribution in [2.24, 2.45) is 10.9 Å². The van der Waals surface area contributed by atoms with E-state index in [0.717, 1.165) is 5.90 Å². The summed E-state index contributed by atoms with van der Waals surface area (Å²) < 4.78 is 6.07. The second kappa shape index (κ2) is 8.19. The lowest BCUT2D eigenvalue weighted by molar-refractivity contribution is 0.292. The van der Waals surface area contributed by atoms with Gasteiger partial charge in [0.15, 0.2) is 0 Å². The molecule has 1 aromatic heterocycles. The Hall–Kier alpha value is -1.96. The maximum absolute atomic E-state index is 6.07. The van der Waals surface area contributed by atoms with E-state index in [-0.39, 0.29) is 6.04 Å². The van der Waals surface area contributed by atoms with E-state index in [0.29, 0.717) is 12.5 Å². The third-order valence-electron chi connectivity index (χ3n) is 5.24. The molecule has 2 heterocycles. The molecule has 4 heteroatoms. The van der Waals surface area contributed by atoms with Crippen molar-refractivity contribution in [2.45, 2.75) is 33.7 Å². The van der Waals surface area contributed by atoms with E-state index < -0.39 is 7.92 Å². The first kappa shape index (κ1) is 19.4. The van der Waals surface area contributed by atoms with E-state index in [4.69, 9.17) is 9.73 Å². The van der Waals surface area contributed by atoms with E-state index in [1.807, 2.05) is 0 Å². The Morgan fingerprint density at radius 2 is 1.54 bits per heavy atom. The molecule has 0 unspecified atom stereocenters. The van der Waals surface area contributed by atoms with Crippen LogP contribution in [-0.4, -0.2) is 18.5 Å². The second-order valence-electron chi connectivity index (χ2n) is 7.60. The van der Waals surface area contributed by atoms with Gasteiger partial charge in [-0.25, -0.2) is 4.99 Å². The Morgan fingerprint density at radius 1 is 0.929 bits per heavy atom. The van der Waals surface area contributed by atoms with Crippen LogP contribution in [0.5, 0.6) is 0 Å². The van der Waals surface area contributed by atoms with Crippen LogP contribution < -0.4 is 15.9 Å². The third-order valence-corrected chi connectivity index (χ3v) is 9.11. The van der Waals surface area contributed by atoms with Gasteiger partial charge in [0.25, 0.3) is 0 Å². The number of benzene rings is 2. The van der Waals surface area contributed by atoms with Crippen molar-refractivity contribution >= 4 is 41.1 Å². The van der Waals surface area contributed by atoms with Gasteiger partial charge in [-0.1, -0.05) is 62.4 Å². The summed E-state index contributed by atoms with van der Waals surface area (Å²) >= 11 is 1.75. The number of aryl methyl sites for hydroxylation is 2. The summed E-state index contributed by atoms with van der Waals surface area (Å²) in [6.07, 6.45) is 0. The predicted octanol–water partition coefficient (Wildman–Crippen LogP) is 4.92. The Balaban J connectivity index is 1.87. The van der Waals surface area contributed by atoms with Gasteiger partial charge in [-0.2, -0.15) is 0 Å². The van der Waals surface area contributed by atoms with Crippen molar-refractivity contribution in [2.75, 3.05) is 6.61 Å². The molecule has 0 amide bonds. The summed E-state index contributed by atoms with van der Waals surface area (Å²) in [5, 5.41) is 6.35. The number of hydrogen-bond donors (Lipinski definition) is 0. The number of ether oxygens (including phenoxy) is 1. The second-order valence-corrected chi connectivity index (χ2v) is 10.6. The zero-order valence-corrected chi connectivity index (χ0v) is 18.6. The Labute approximate surface area is 173 Å². The van der Waals surface area contributed by atoms with E-state index >= 15 is 0 Å². The zero-order chi connectivity index (χ0) is 19.7. The highest BCUT2D eigenvalue weighted by Gasteiger charge is 2.29. The third kappa shape index (κ3) is 3.66. The molecule has 0 spiro atoms. The summed E-state index contributed by atoms with van der Waals surface area (Å²) in [5.41, 5.74) is 2.67. The summed E-state index contributed by atoms with van der Waals surface area (Å²) in [4.78, 5) is 6.12. The van der Waals surface area contributed by atoms with Gasteiger partial charge in [-0.05, 0) is 60.9 Å². The van der Waals surface area contributed by atoms with Crippen molar-refractivity contribution < 1.29 is 4.74 Å². The smallest absolute Gasteiger partial charge is 0.227 e. The molecule has 2 nitrogen and oxygen atoms in total. The lowest BCUT2D eigenvalue weighted by Gasteiger charge is -2.23. The van der Waals surface area contributed by atoms with Gasteiger partial charge in [-0.15, -0.1) is 11.3 Å². The molecule has 1 aliphatic rings. The number of hydrogen-bond acceptors (Lipinski definition) is 3. The number of aliphatic imine (C=N–C) groups is 1. The summed E-state index contributed by atoms with van der Waals surface area (Å²) in [6.45, 7) is 9.55. The van der Waals surface area contributed by atoms with Gasteiger partial charge >= 0.3 is 0 Å². The molecule has 0 N–H and O–H groups in total. The summed E-state index contributed by atoms with van der Waals surface area (Å²) in [5.74, 6) is 1.33. The lowest BCUT2D eigenvalue weighted by atomic mass is 10.1. The lowest BCUT2D eigenvalue weighted by Crippen LogP contribution is -2.26. The molecule has 0 bridgehead atoms. The van der Waals surface area contributed by atoms with Crippen LogP contribution in [0, 0.1) is 19.8 Å². The van der Waals surface area contributed by atoms with Gasteiger partial charge < -0.3 is 4.74 Å². The van der Waals surface area contributed by atoms with E-state index in [1.54, 1.807) is 11.3 Å². The number of rotatable bonds is 5. The van der Waals surface area contributed by atoms with Crippen LogP contribution in [0.1, 0.15) is 29.9 Å². The molecule has 2 aromatic carbocycles. The van der Waals surface area contributed by atoms with Crippen LogP contribution in [-0.2, 0) is 4.74 Å². The molecule has 4 rings (SSSR count). The van der Waals surface area contributed by atoms with Gasteiger partial charge in [0.05, 0.1) is 10.9 Å². The standard InChI is InChI=1S/C24H26NOPS/c1-16(2)19-15-26-24(25-19)23-22(13-14-28-23)27(20-11-7-5-9-17(20)3)21-12-8-6-10-18(21)4/h5-14,16,19H,15H2,1-4H3/t19-/m1/s1. The van der Waals surface area contributed by atoms with Crippen LogP contribution in [0.4, 0.5) is 0 Å². The highest BCUT2D eigenvalue weighted by molar-refractivity contribution is 7.80. The SMILES string of the molecule is Cc1ccccc1P(c1ccccc1C)c1ccsc1C1=N[C@@H](C(C)C)CO1. The first-order valence-electron chi connectivity index (χ1n) is 9.76. The average molecular weight is 408 g/mol. The van der Waals surface area contributed by atoms with Crippen LogP contribution in [0.2, 0.25) is 0 Å². The first-order valence-corrected chi connectivity index (χ1v) is 12.0. The minimum absolute atomic E-state index is 0.258. The first-order chi connectivity index (χ1) is 13.6. The minimum Gasteiger partial charge on any atom is -0.475 e. The van der Waals surface area contributed by atoms with Crippen molar-refractivity contribution in [1.82, 2.24) is 0 Å². The monoisotopic (exact) mass is 407 g/mol. The molecular weight excluding hydrogens is 381 g/mol. The zero-order valence-electron chi connectivity index (χ0n) is 16.8. The molecule has 0 saturated carbocycles. The maximum Gasteiger partial charge on any atom is 0.227 e. The average Bonchev–Trinajstić information content (AvgIpc) is 3.34. The Bertz CT molecular complexity index is 962. The van der Waals surface area contributed by atoms with E-state index in [9.17, 15) is 0 Å². The van der Waals surface area contributed by atoms with Crippen molar-refractivity contribution in [3.05, 3.63) is 76.0 Å². The molecule has 1 aliphatic heterocycles. The maximum atomic E-state index is 6.07. The molecule has 28 heavy (non-hydrogen) atoms. The fraction of sp³-hybridized carbons (Fsp3) is 0.292.